The maximum Gasteiger partial charge on any atom is 0.252 e. The number of hydrogen-bond donors (Lipinski definition) is 0. The Morgan fingerprint density at radius 3 is 2.68 bits per heavy atom. The van der Waals surface area contributed by atoms with Gasteiger partial charge in [0.15, 0.2) is 0 Å². The normalized spacial score (nSPS) is 27.1. The average molecular weight is 448 g/mol. The summed E-state index contributed by atoms with van der Waals surface area (Å²) in [6, 6.07) is 4.80. The molecule has 1 aromatic carbocycles. The Balaban J connectivity index is 1.62. The third-order valence-electron chi connectivity index (χ3n) is 6.70. The van der Waals surface area contributed by atoms with Crippen molar-refractivity contribution in [3.8, 4) is 11.8 Å². The van der Waals surface area contributed by atoms with Crippen LogP contribution in [0, 0.1) is 29.0 Å². The van der Waals surface area contributed by atoms with Gasteiger partial charge in [0, 0.05) is 30.7 Å². The minimum atomic E-state index is -3.23. The molecule has 3 aliphatic rings. The molecule has 31 heavy (non-hydrogen) atoms. The summed E-state index contributed by atoms with van der Waals surface area (Å²) in [5, 5.41) is 0. The molecule has 3 atom stereocenters. The zero-order valence-corrected chi connectivity index (χ0v) is 19.0. The number of carbonyl (C=O) groups is 1. The molecule has 0 aromatic heterocycles. The summed E-state index contributed by atoms with van der Waals surface area (Å²) >= 11 is 0. The number of hydrogen-bond acceptors (Lipinski definition) is 4. The molecule has 1 saturated carbocycles. The van der Waals surface area contributed by atoms with E-state index < -0.39 is 15.9 Å². The van der Waals surface area contributed by atoms with E-state index in [2.05, 4.69) is 18.8 Å². The first-order valence-electron chi connectivity index (χ1n) is 11.1. The van der Waals surface area contributed by atoms with E-state index in [1.807, 2.05) is 0 Å². The Hall–Kier alpha value is -1.91. The van der Waals surface area contributed by atoms with Crippen molar-refractivity contribution < 1.29 is 22.3 Å². The first-order valence-corrected chi connectivity index (χ1v) is 13.1. The molecule has 2 aliphatic heterocycles. The van der Waals surface area contributed by atoms with Crippen LogP contribution in [0.4, 0.5) is 4.39 Å². The van der Waals surface area contributed by atoms with Crippen LogP contribution in [0.15, 0.2) is 18.2 Å². The van der Waals surface area contributed by atoms with Crippen LogP contribution >= 0.6 is 0 Å². The van der Waals surface area contributed by atoms with E-state index in [-0.39, 0.29) is 41.3 Å². The van der Waals surface area contributed by atoms with Crippen molar-refractivity contribution in [1.29, 1.82) is 0 Å². The molecule has 2 heterocycles. The number of sulfone groups is 1. The second-order valence-corrected chi connectivity index (χ2v) is 11.7. The Kier molecular flexibility index (Phi) is 6.15. The minimum absolute atomic E-state index is 0.00160. The molecule has 0 bridgehead atoms. The summed E-state index contributed by atoms with van der Waals surface area (Å²) < 4.78 is 44.8. The van der Waals surface area contributed by atoms with Gasteiger partial charge in [-0.15, -0.1) is 0 Å². The monoisotopic (exact) mass is 447 g/mol. The smallest absolute Gasteiger partial charge is 0.252 e. The van der Waals surface area contributed by atoms with Gasteiger partial charge < -0.3 is 9.64 Å². The molecule has 7 heteroatoms. The lowest BCUT2D eigenvalue weighted by atomic mass is 9.85. The molecule has 1 aromatic rings. The van der Waals surface area contributed by atoms with Gasteiger partial charge in [-0.2, -0.15) is 0 Å². The fourth-order valence-corrected chi connectivity index (χ4v) is 5.64. The maximum atomic E-state index is 15.3. The topological polar surface area (TPSA) is 63.7 Å². The van der Waals surface area contributed by atoms with E-state index >= 15 is 4.39 Å². The van der Waals surface area contributed by atoms with Gasteiger partial charge in [-0.05, 0) is 56.6 Å². The second-order valence-electron chi connectivity index (χ2n) is 9.54. The number of benzene rings is 1. The molecule has 1 amide bonds. The van der Waals surface area contributed by atoms with Crippen molar-refractivity contribution in [3.05, 3.63) is 35.1 Å². The van der Waals surface area contributed by atoms with Crippen LogP contribution in [0.2, 0.25) is 0 Å². The number of ether oxygens (including phenoxy) is 1. The predicted molar refractivity (Wildman–Crippen MR) is 117 cm³/mol. The lowest BCUT2D eigenvalue weighted by Gasteiger charge is -2.44. The van der Waals surface area contributed by atoms with Gasteiger partial charge in [0.2, 0.25) is 0 Å². The molecular weight excluding hydrogens is 417 g/mol. The van der Waals surface area contributed by atoms with Crippen LogP contribution < -0.4 is 0 Å². The number of nitrogens with zero attached hydrogens (tertiary/aromatic N) is 1. The van der Waals surface area contributed by atoms with Crippen LogP contribution in [-0.2, 0) is 25.8 Å². The lowest BCUT2D eigenvalue weighted by Crippen LogP contribution is -2.56. The molecule has 0 spiro atoms. The highest BCUT2D eigenvalue weighted by Gasteiger charge is 2.40. The Morgan fingerprint density at radius 2 is 2.06 bits per heavy atom. The van der Waals surface area contributed by atoms with Crippen LogP contribution in [0.3, 0.4) is 0 Å². The molecule has 168 valence electrons. The summed E-state index contributed by atoms with van der Waals surface area (Å²) in [5.41, 5.74) is 0.838. The SMILES string of the molecule is CC1(C#Cc2cccc(C[C@H]3[C@@H](CS(C)(=O)=O)CCCN3C(=O)[C@H]3CCO3)c2F)CC1. The zero-order valence-electron chi connectivity index (χ0n) is 18.2. The van der Waals surface area contributed by atoms with E-state index in [0.717, 1.165) is 19.3 Å². The molecule has 5 nitrogen and oxygen atoms in total. The third-order valence-corrected chi connectivity index (χ3v) is 7.73. The summed E-state index contributed by atoms with van der Waals surface area (Å²) in [5.74, 6) is 5.45. The van der Waals surface area contributed by atoms with Gasteiger partial charge >= 0.3 is 0 Å². The van der Waals surface area contributed by atoms with Crippen LogP contribution in [0.5, 0.6) is 0 Å². The van der Waals surface area contributed by atoms with E-state index in [1.54, 1.807) is 23.1 Å². The van der Waals surface area contributed by atoms with Crippen LogP contribution in [-0.4, -0.2) is 56.5 Å². The number of carbonyl (C=O) groups excluding carboxylic acids is 1. The zero-order chi connectivity index (χ0) is 22.2. The number of likely N-dealkylation sites (tertiary alicyclic amines) is 1. The fraction of sp³-hybridized carbons (Fsp3) is 0.625. The summed E-state index contributed by atoms with van der Waals surface area (Å²) in [7, 11) is -3.23. The molecule has 0 unspecified atom stereocenters. The fourth-order valence-electron chi connectivity index (χ4n) is 4.48. The Bertz CT molecular complexity index is 1020. The molecular formula is C24H30FNO4S. The second kappa shape index (κ2) is 8.55. The highest BCUT2D eigenvalue weighted by atomic mass is 32.2. The number of amides is 1. The highest BCUT2D eigenvalue weighted by molar-refractivity contribution is 7.90. The van der Waals surface area contributed by atoms with E-state index in [4.69, 9.17) is 4.74 Å². The van der Waals surface area contributed by atoms with Gasteiger partial charge in [0.1, 0.15) is 21.8 Å². The van der Waals surface area contributed by atoms with Gasteiger partial charge in [-0.3, -0.25) is 4.79 Å². The standard InChI is InChI=1S/C24H30FNO4S/c1-24(11-12-24)10-8-17-5-3-6-18(22(17)25)15-20-19(16-31(2,28)29)7-4-13-26(20)23(27)21-9-14-30-21/h3,5-6,19-21H,4,7,9,11-16H2,1-2H3/t19-,20+,21-/m1/s1. The maximum absolute atomic E-state index is 15.3. The molecule has 0 radical (unpaired) electrons. The first-order chi connectivity index (χ1) is 14.7. The van der Waals surface area contributed by atoms with Crippen LogP contribution in [0.1, 0.15) is 50.2 Å². The summed E-state index contributed by atoms with van der Waals surface area (Å²) in [4.78, 5) is 14.7. The molecule has 0 N–H and O–H groups in total. The van der Waals surface area contributed by atoms with Gasteiger partial charge in [-0.1, -0.05) is 24.0 Å². The van der Waals surface area contributed by atoms with E-state index in [1.165, 1.54) is 6.26 Å². The highest BCUT2D eigenvalue weighted by Crippen LogP contribution is 2.44. The van der Waals surface area contributed by atoms with Gasteiger partial charge in [-0.25, -0.2) is 12.8 Å². The largest absolute Gasteiger partial charge is 0.368 e. The summed E-state index contributed by atoms with van der Waals surface area (Å²) in [6.45, 7) is 3.19. The number of piperidine rings is 1. The molecule has 3 fully saturated rings. The Morgan fingerprint density at radius 1 is 1.32 bits per heavy atom. The first kappa shape index (κ1) is 22.3. The minimum Gasteiger partial charge on any atom is -0.368 e. The van der Waals surface area contributed by atoms with Crippen molar-refractivity contribution in [2.24, 2.45) is 11.3 Å². The quantitative estimate of drug-likeness (QED) is 0.651. The average Bonchev–Trinajstić information content (AvgIpc) is 3.38. The number of halogens is 1. The molecule has 2 saturated heterocycles. The van der Waals surface area contributed by atoms with Crippen molar-refractivity contribution in [3.63, 3.8) is 0 Å². The lowest BCUT2D eigenvalue weighted by molar-refractivity contribution is -0.161. The predicted octanol–water partition coefficient (Wildman–Crippen LogP) is 2.96. The van der Waals surface area contributed by atoms with Gasteiger partial charge in [0.25, 0.3) is 5.91 Å². The molecule has 1 aliphatic carbocycles. The molecule has 4 rings (SSSR count). The summed E-state index contributed by atoms with van der Waals surface area (Å²) in [6.07, 6.45) is 5.23. The van der Waals surface area contributed by atoms with Crippen molar-refractivity contribution in [1.82, 2.24) is 4.90 Å². The van der Waals surface area contributed by atoms with Crippen molar-refractivity contribution in [2.75, 3.05) is 25.2 Å². The Labute approximate surface area is 184 Å². The van der Waals surface area contributed by atoms with Crippen molar-refractivity contribution >= 4 is 15.7 Å². The van der Waals surface area contributed by atoms with E-state index in [0.29, 0.717) is 37.1 Å². The van der Waals surface area contributed by atoms with Gasteiger partial charge in [0.05, 0.1) is 17.9 Å². The third kappa shape index (κ3) is 5.30. The number of rotatable bonds is 5. The van der Waals surface area contributed by atoms with Crippen LogP contribution in [0.25, 0.3) is 0 Å². The van der Waals surface area contributed by atoms with Crippen molar-refractivity contribution in [2.45, 2.75) is 57.6 Å². The van der Waals surface area contributed by atoms with E-state index in [9.17, 15) is 13.2 Å².